The van der Waals surface area contributed by atoms with Crippen molar-refractivity contribution in [3.05, 3.63) is 29.3 Å². The molecule has 1 rings (SSSR count). The van der Waals surface area contributed by atoms with Crippen LogP contribution in [0, 0.1) is 0 Å². The van der Waals surface area contributed by atoms with Gasteiger partial charge in [-0.25, -0.2) is 0 Å². The number of thioether (sulfide) groups is 1. The molecule has 0 saturated carbocycles. The van der Waals surface area contributed by atoms with Crippen LogP contribution in [0.4, 0.5) is 0 Å². The predicted octanol–water partition coefficient (Wildman–Crippen LogP) is 3.41. The molecule has 1 nitrogen and oxygen atoms in total. The summed E-state index contributed by atoms with van der Waals surface area (Å²) in [5, 5.41) is 0.737. The van der Waals surface area contributed by atoms with Gasteiger partial charge in [0.15, 0.2) is 0 Å². The van der Waals surface area contributed by atoms with Crippen molar-refractivity contribution in [3.63, 3.8) is 0 Å². The topological polar surface area (TPSA) is 17.1 Å². The van der Waals surface area contributed by atoms with Crippen LogP contribution in [0.5, 0.6) is 0 Å². The number of ketones is 1. The van der Waals surface area contributed by atoms with Gasteiger partial charge in [0.05, 0.1) is 5.25 Å². The minimum Gasteiger partial charge on any atom is -0.299 e. The van der Waals surface area contributed by atoms with Crippen molar-refractivity contribution in [2.45, 2.75) is 24.0 Å². The van der Waals surface area contributed by atoms with Crippen LogP contribution in [0.2, 0.25) is 5.02 Å². The van der Waals surface area contributed by atoms with E-state index in [0.29, 0.717) is 0 Å². The molecule has 0 N–H and O–H groups in total. The van der Waals surface area contributed by atoms with Crippen LogP contribution in [0.3, 0.4) is 0 Å². The van der Waals surface area contributed by atoms with Crippen LogP contribution >= 0.6 is 23.4 Å². The van der Waals surface area contributed by atoms with E-state index in [1.165, 1.54) is 0 Å². The second kappa shape index (κ2) is 4.68. The Morgan fingerprint density at radius 2 is 1.92 bits per heavy atom. The first-order valence-corrected chi connectivity index (χ1v) is 5.28. The van der Waals surface area contributed by atoms with Crippen molar-refractivity contribution in [1.82, 2.24) is 0 Å². The Labute approximate surface area is 87.5 Å². The zero-order valence-electron chi connectivity index (χ0n) is 7.58. The summed E-state index contributed by atoms with van der Waals surface area (Å²) in [6.07, 6.45) is 0. The third-order valence-corrected chi connectivity index (χ3v) is 3.18. The number of carbonyl (C=O) groups excluding carboxylic acids is 1. The molecule has 0 amide bonds. The Kier molecular flexibility index (Phi) is 3.82. The summed E-state index contributed by atoms with van der Waals surface area (Å²) in [7, 11) is 0. The maximum atomic E-state index is 11.0. The van der Waals surface area contributed by atoms with E-state index in [2.05, 4.69) is 0 Å². The summed E-state index contributed by atoms with van der Waals surface area (Å²) >= 11 is 7.29. The van der Waals surface area contributed by atoms with Gasteiger partial charge in [0, 0.05) is 9.92 Å². The molecule has 0 aliphatic carbocycles. The number of benzene rings is 1. The Morgan fingerprint density at radius 1 is 1.38 bits per heavy atom. The molecule has 0 heterocycles. The quantitative estimate of drug-likeness (QED) is 0.718. The first kappa shape index (κ1) is 10.6. The van der Waals surface area contributed by atoms with Crippen molar-refractivity contribution in [1.29, 1.82) is 0 Å². The minimum absolute atomic E-state index is 0.0150. The second-order valence-electron chi connectivity index (χ2n) is 2.82. The Hall–Kier alpha value is -0.470. The fraction of sp³-hybridized carbons (Fsp3) is 0.300. The molecule has 1 aromatic rings. The van der Waals surface area contributed by atoms with E-state index < -0.39 is 0 Å². The van der Waals surface area contributed by atoms with E-state index in [4.69, 9.17) is 11.6 Å². The average molecular weight is 215 g/mol. The zero-order valence-corrected chi connectivity index (χ0v) is 9.15. The van der Waals surface area contributed by atoms with Crippen molar-refractivity contribution < 1.29 is 4.79 Å². The zero-order chi connectivity index (χ0) is 9.84. The maximum Gasteiger partial charge on any atom is 0.142 e. The van der Waals surface area contributed by atoms with Gasteiger partial charge in [0.2, 0.25) is 0 Å². The Morgan fingerprint density at radius 3 is 2.38 bits per heavy atom. The summed E-state index contributed by atoms with van der Waals surface area (Å²) in [5.74, 6) is 0.194. The molecule has 3 heteroatoms. The van der Waals surface area contributed by atoms with Crippen LogP contribution in [0.15, 0.2) is 29.2 Å². The lowest BCUT2D eigenvalue weighted by Crippen LogP contribution is -2.07. The lowest BCUT2D eigenvalue weighted by molar-refractivity contribution is -0.116. The first-order valence-electron chi connectivity index (χ1n) is 4.02. The number of hydrogen-bond donors (Lipinski definition) is 0. The van der Waals surface area contributed by atoms with Gasteiger partial charge >= 0.3 is 0 Å². The smallest absolute Gasteiger partial charge is 0.142 e. The average Bonchev–Trinajstić information content (AvgIpc) is 2.08. The summed E-state index contributed by atoms with van der Waals surface area (Å²) in [6.45, 7) is 3.51. The molecule has 0 aliphatic rings. The minimum atomic E-state index is 0.0150. The van der Waals surface area contributed by atoms with Gasteiger partial charge in [-0.05, 0) is 38.1 Å². The van der Waals surface area contributed by atoms with Gasteiger partial charge < -0.3 is 0 Å². The highest BCUT2D eigenvalue weighted by Crippen LogP contribution is 2.24. The third-order valence-electron chi connectivity index (χ3n) is 1.70. The lowest BCUT2D eigenvalue weighted by atomic mass is 10.3. The van der Waals surface area contributed by atoms with Gasteiger partial charge in [-0.3, -0.25) is 4.79 Å². The maximum absolute atomic E-state index is 11.0. The van der Waals surface area contributed by atoms with Crippen LogP contribution < -0.4 is 0 Å². The molecule has 70 valence electrons. The molecule has 1 atom stereocenters. The molecule has 0 aliphatic heterocycles. The van der Waals surface area contributed by atoms with E-state index in [0.717, 1.165) is 9.92 Å². The molecular weight excluding hydrogens is 204 g/mol. The van der Waals surface area contributed by atoms with Crippen LogP contribution in [0.1, 0.15) is 13.8 Å². The van der Waals surface area contributed by atoms with E-state index in [1.807, 2.05) is 31.2 Å². The third kappa shape index (κ3) is 3.41. The van der Waals surface area contributed by atoms with Gasteiger partial charge in [-0.15, -0.1) is 11.8 Å². The van der Waals surface area contributed by atoms with E-state index in [1.54, 1.807) is 18.7 Å². The van der Waals surface area contributed by atoms with Gasteiger partial charge in [0.1, 0.15) is 5.78 Å². The predicted molar refractivity (Wildman–Crippen MR) is 57.5 cm³/mol. The molecule has 0 bridgehead atoms. The highest BCUT2D eigenvalue weighted by molar-refractivity contribution is 8.00. The van der Waals surface area contributed by atoms with Gasteiger partial charge in [0.25, 0.3) is 0 Å². The van der Waals surface area contributed by atoms with Gasteiger partial charge in [-0.1, -0.05) is 11.6 Å². The number of halogens is 1. The van der Waals surface area contributed by atoms with Crippen molar-refractivity contribution >= 4 is 29.1 Å². The molecule has 1 unspecified atom stereocenters. The molecule has 0 fully saturated rings. The molecule has 0 radical (unpaired) electrons. The number of hydrogen-bond acceptors (Lipinski definition) is 2. The summed E-state index contributed by atoms with van der Waals surface area (Å²) in [5.41, 5.74) is 0. The second-order valence-corrected chi connectivity index (χ2v) is 4.68. The van der Waals surface area contributed by atoms with Gasteiger partial charge in [-0.2, -0.15) is 0 Å². The standard InChI is InChI=1S/C10H11ClOS/c1-7(12)8(2)13-10-5-3-9(11)4-6-10/h3-6,8H,1-2H3. The molecule has 13 heavy (non-hydrogen) atoms. The van der Waals surface area contributed by atoms with Crippen molar-refractivity contribution in [2.24, 2.45) is 0 Å². The first-order chi connectivity index (χ1) is 6.09. The van der Waals surface area contributed by atoms with Crippen LogP contribution in [0.25, 0.3) is 0 Å². The summed E-state index contributed by atoms with van der Waals surface area (Å²) < 4.78 is 0. The molecule has 0 spiro atoms. The highest BCUT2D eigenvalue weighted by Gasteiger charge is 2.08. The molecule has 0 aromatic heterocycles. The van der Waals surface area contributed by atoms with Crippen LogP contribution in [-0.4, -0.2) is 11.0 Å². The SMILES string of the molecule is CC(=O)C(C)Sc1ccc(Cl)cc1. The Balaban J connectivity index is 2.64. The van der Waals surface area contributed by atoms with E-state index in [-0.39, 0.29) is 11.0 Å². The normalized spacial score (nSPS) is 12.5. The number of rotatable bonds is 3. The molecular formula is C10H11ClOS. The highest BCUT2D eigenvalue weighted by atomic mass is 35.5. The fourth-order valence-corrected chi connectivity index (χ4v) is 1.79. The van der Waals surface area contributed by atoms with E-state index in [9.17, 15) is 4.79 Å². The monoisotopic (exact) mass is 214 g/mol. The fourth-order valence-electron chi connectivity index (χ4n) is 0.800. The van der Waals surface area contributed by atoms with Crippen LogP contribution in [-0.2, 0) is 4.79 Å². The number of carbonyl (C=O) groups is 1. The Bertz CT molecular complexity index is 294. The van der Waals surface area contributed by atoms with Crippen molar-refractivity contribution in [2.75, 3.05) is 0 Å². The molecule has 1 aromatic carbocycles. The summed E-state index contributed by atoms with van der Waals surface area (Å²) in [4.78, 5) is 12.0. The number of Topliss-reactive ketones (excluding diaryl/α,β-unsaturated/α-hetero) is 1. The molecule has 0 saturated heterocycles. The summed E-state index contributed by atoms with van der Waals surface area (Å²) in [6, 6.07) is 7.51. The lowest BCUT2D eigenvalue weighted by Gasteiger charge is -2.06. The van der Waals surface area contributed by atoms with Crippen molar-refractivity contribution in [3.8, 4) is 0 Å². The van der Waals surface area contributed by atoms with E-state index >= 15 is 0 Å². The largest absolute Gasteiger partial charge is 0.299 e.